The zero-order valence-corrected chi connectivity index (χ0v) is 21.2. The molecule has 2 aliphatic rings. The van der Waals surface area contributed by atoms with Gasteiger partial charge < -0.3 is 14.6 Å². The molecule has 2 saturated heterocycles. The van der Waals surface area contributed by atoms with Crippen molar-refractivity contribution in [1.82, 2.24) is 24.6 Å². The summed E-state index contributed by atoms with van der Waals surface area (Å²) in [6.45, 7) is 5.74. The molecule has 1 aromatic carbocycles. The smallest absolute Gasteiger partial charge is 0.381 e. The van der Waals surface area contributed by atoms with Crippen LogP contribution in [-0.2, 0) is 31.1 Å². The van der Waals surface area contributed by atoms with Crippen molar-refractivity contribution in [3.8, 4) is 0 Å². The number of alkyl halides is 3. The van der Waals surface area contributed by atoms with Crippen LogP contribution in [0.5, 0.6) is 0 Å². The van der Waals surface area contributed by atoms with Crippen LogP contribution in [0.15, 0.2) is 42.9 Å². The van der Waals surface area contributed by atoms with Crippen molar-refractivity contribution < 1.29 is 17.9 Å². The zero-order valence-electron chi connectivity index (χ0n) is 21.2. The molecule has 1 N–H and O–H groups in total. The maximum absolute atomic E-state index is 14.0. The van der Waals surface area contributed by atoms with Crippen molar-refractivity contribution in [2.24, 2.45) is 18.9 Å². The van der Waals surface area contributed by atoms with E-state index in [0.717, 1.165) is 36.6 Å². The van der Waals surface area contributed by atoms with Crippen LogP contribution < -0.4 is 5.32 Å². The molecule has 37 heavy (non-hydrogen) atoms. The molecule has 2 aliphatic heterocycles. The predicted octanol–water partition coefficient (Wildman–Crippen LogP) is 4.85. The Kier molecular flexibility index (Phi) is 7.48. The van der Waals surface area contributed by atoms with Gasteiger partial charge in [0, 0.05) is 37.9 Å². The second-order valence-corrected chi connectivity index (χ2v) is 10.4. The molecular weight excluding hydrogens is 481 g/mol. The topological polar surface area (TPSA) is 68.1 Å². The van der Waals surface area contributed by atoms with Crippen molar-refractivity contribution >= 4 is 5.69 Å². The number of piperidine rings is 1. The summed E-state index contributed by atoms with van der Waals surface area (Å²) in [6, 6.07) is 9.00. The van der Waals surface area contributed by atoms with Crippen molar-refractivity contribution in [3.05, 3.63) is 71.1 Å². The molecule has 2 atom stereocenters. The van der Waals surface area contributed by atoms with Gasteiger partial charge in [-0.3, -0.25) is 9.88 Å². The summed E-state index contributed by atoms with van der Waals surface area (Å²) in [4.78, 5) is 6.48. The van der Waals surface area contributed by atoms with Crippen LogP contribution in [0.2, 0.25) is 0 Å². The minimum Gasteiger partial charge on any atom is -0.381 e. The molecule has 0 radical (unpaired) electrons. The summed E-state index contributed by atoms with van der Waals surface area (Å²) in [5, 5.41) is 11.5. The highest BCUT2D eigenvalue weighted by molar-refractivity contribution is 5.48. The number of hydrogen-bond donors (Lipinski definition) is 1. The molecule has 3 aromatic rings. The van der Waals surface area contributed by atoms with E-state index in [1.807, 2.05) is 35.9 Å². The Morgan fingerprint density at radius 1 is 1.22 bits per heavy atom. The maximum Gasteiger partial charge on any atom is 0.418 e. The van der Waals surface area contributed by atoms with Gasteiger partial charge in [0.1, 0.15) is 12.2 Å². The highest BCUT2D eigenvalue weighted by Gasteiger charge is 2.35. The Bertz CT molecular complexity index is 1210. The number of likely N-dealkylation sites (tertiary alicyclic amines) is 1. The number of benzene rings is 1. The van der Waals surface area contributed by atoms with Gasteiger partial charge in [-0.2, -0.15) is 13.2 Å². The van der Waals surface area contributed by atoms with Crippen molar-refractivity contribution in [2.45, 2.75) is 44.9 Å². The SMILES string of the molecule is C[C@H]1CCCN(Cc2cnc(CNc3cccc(C(c4nncn4C)C4COC4)c3)c(C(F)(F)F)c2)C1. The van der Waals surface area contributed by atoms with Gasteiger partial charge in [-0.05, 0) is 54.6 Å². The fraction of sp³-hybridized carbons (Fsp3) is 0.519. The third-order valence-corrected chi connectivity index (χ3v) is 7.35. The largest absolute Gasteiger partial charge is 0.418 e. The Balaban J connectivity index is 1.33. The quantitative estimate of drug-likeness (QED) is 0.464. The minimum absolute atomic E-state index is 0.00842. The lowest BCUT2D eigenvalue weighted by atomic mass is 9.84. The monoisotopic (exact) mass is 514 g/mol. The Morgan fingerprint density at radius 2 is 2.05 bits per heavy atom. The summed E-state index contributed by atoms with van der Waals surface area (Å²) in [5.41, 5.74) is 1.66. The molecule has 4 heterocycles. The first kappa shape index (κ1) is 25.7. The number of nitrogens with one attached hydrogen (secondary N) is 1. The molecule has 0 bridgehead atoms. The second kappa shape index (κ2) is 10.8. The van der Waals surface area contributed by atoms with Gasteiger partial charge in [0.2, 0.25) is 0 Å². The van der Waals surface area contributed by atoms with Gasteiger partial charge in [0.15, 0.2) is 0 Å². The molecular formula is C27H33F3N6O. The first-order valence-electron chi connectivity index (χ1n) is 12.8. The van der Waals surface area contributed by atoms with E-state index in [2.05, 4.69) is 32.3 Å². The molecule has 2 fully saturated rings. The van der Waals surface area contributed by atoms with E-state index in [4.69, 9.17) is 4.74 Å². The van der Waals surface area contributed by atoms with E-state index in [-0.39, 0.29) is 24.1 Å². The Morgan fingerprint density at radius 3 is 2.73 bits per heavy atom. The fourth-order valence-electron chi connectivity index (χ4n) is 5.38. The van der Waals surface area contributed by atoms with E-state index >= 15 is 0 Å². The second-order valence-electron chi connectivity index (χ2n) is 10.4. The molecule has 2 aromatic heterocycles. The van der Waals surface area contributed by atoms with Crippen LogP contribution in [0.3, 0.4) is 0 Å². The molecule has 7 nitrogen and oxygen atoms in total. The molecule has 0 aliphatic carbocycles. The van der Waals surface area contributed by atoms with Gasteiger partial charge in [0.25, 0.3) is 0 Å². The average Bonchev–Trinajstić information content (AvgIpc) is 3.25. The minimum atomic E-state index is -4.47. The van der Waals surface area contributed by atoms with Crippen LogP contribution in [-0.4, -0.2) is 51.0 Å². The lowest BCUT2D eigenvalue weighted by Crippen LogP contribution is -2.34. The first-order chi connectivity index (χ1) is 17.8. The molecule has 5 rings (SSSR count). The number of rotatable bonds is 8. The Hall–Kier alpha value is -2.98. The summed E-state index contributed by atoms with van der Waals surface area (Å²) < 4.78 is 49.3. The third kappa shape index (κ3) is 5.96. The number of ether oxygens (including phenoxy) is 1. The molecule has 1 unspecified atom stereocenters. The number of nitrogens with zero attached hydrogens (tertiary/aromatic N) is 5. The van der Waals surface area contributed by atoms with Gasteiger partial charge in [-0.1, -0.05) is 19.1 Å². The maximum atomic E-state index is 14.0. The first-order valence-corrected chi connectivity index (χ1v) is 12.8. The number of pyridine rings is 1. The summed E-state index contributed by atoms with van der Waals surface area (Å²) in [5.74, 6) is 1.66. The molecule has 0 spiro atoms. The molecule has 0 amide bonds. The van der Waals surface area contributed by atoms with Gasteiger partial charge in [-0.25, -0.2) is 0 Å². The standard InChI is InChI=1S/C27H33F3N6O/c1-18-5-4-8-36(13-18)14-19-9-23(27(28,29)30)24(32-11-19)12-31-22-7-3-6-20(10-22)25(21-15-37-16-21)26-34-33-17-35(26)2/h3,6-7,9-11,17-18,21,25,31H,4-5,8,12-16H2,1-2H3/t18-,25?/m0/s1. The lowest BCUT2D eigenvalue weighted by molar-refractivity contribution is -0.138. The number of halogens is 3. The highest BCUT2D eigenvalue weighted by atomic mass is 19.4. The predicted molar refractivity (Wildman–Crippen MR) is 134 cm³/mol. The van der Waals surface area contributed by atoms with Crippen LogP contribution in [0.25, 0.3) is 0 Å². The molecule has 0 saturated carbocycles. The number of hydrogen-bond acceptors (Lipinski definition) is 6. The normalized spacial score (nSPS) is 20.0. The van der Waals surface area contributed by atoms with E-state index in [9.17, 15) is 13.2 Å². The fourth-order valence-corrected chi connectivity index (χ4v) is 5.38. The zero-order chi connectivity index (χ0) is 26.0. The van der Waals surface area contributed by atoms with E-state index in [1.54, 1.807) is 12.5 Å². The van der Waals surface area contributed by atoms with E-state index < -0.39 is 11.7 Å². The van der Waals surface area contributed by atoms with Crippen molar-refractivity contribution in [1.29, 1.82) is 0 Å². The number of aryl methyl sites for hydroxylation is 1. The Labute approximate surface area is 215 Å². The summed E-state index contributed by atoms with van der Waals surface area (Å²) in [7, 11) is 1.91. The van der Waals surface area contributed by atoms with E-state index in [1.165, 1.54) is 12.5 Å². The van der Waals surface area contributed by atoms with Gasteiger partial charge in [0.05, 0.1) is 36.9 Å². The van der Waals surface area contributed by atoms with Crippen molar-refractivity contribution in [2.75, 3.05) is 31.6 Å². The van der Waals surface area contributed by atoms with E-state index in [0.29, 0.717) is 31.2 Å². The highest BCUT2D eigenvalue weighted by Crippen LogP contribution is 2.36. The average molecular weight is 515 g/mol. The van der Waals surface area contributed by atoms with Crippen LogP contribution >= 0.6 is 0 Å². The van der Waals surface area contributed by atoms with Gasteiger partial charge >= 0.3 is 6.18 Å². The van der Waals surface area contributed by atoms with Crippen LogP contribution in [0, 0.1) is 11.8 Å². The molecule has 10 heteroatoms. The molecule has 198 valence electrons. The third-order valence-electron chi connectivity index (χ3n) is 7.35. The number of aromatic nitrogens is 4. The van der Waals surface area contributed by atoms with Crippen molar-refractivity contribution in [3.63, 3.8) is 0 Å². The summed E-state index contributed by atoms with van der Waals surface area (Å²) in [6.07, 6.45) is 1.03. The lowest BCUT2D eigenvalue weighted by Gasteiger charge is -2.33. The van der Waals surface area contributed by atoms with Crippen LogP contribution in [0.1, 0.15) is 53.9 Å². The van der Waals surface area contributed by atoms with Gasteiger partial charge in [-0.15, -0.1) is 10.2 Å². The van der Waals surface area contributed by atoms with Crippen LogP contribution in [0.4, 0.5) is 18.9 Å². The summed E-state index contributed by atoms with van der Waals surface area (Å²) >= 11 is 0. The number of anilines is 1.